The van der Waals surface area contributed by atoms with Crippen LogP contribution < -0.4 is 4.74 Å². The van der Waals surface area contributed by atoms with E-state index in [-0.39, 0.29) is 19.3 Å². The Morgan fingerprint density at radius 1 is 0.946 bits per heavy atom. The van der Waals surface area contributed by atoms with Gasteiger partial charge in [0.1, 0.15) is 17.9 Å². The lowest BCUT2D eigenvalue weighted by Crippen LogP contribution is -2.66. The second kappa shape index (κ2) is 12.6. The maximum atomic E-state index is 13.9. The molecule has 1 aliphatic heterocycles. The van der Waals surface area contributed by atoms with E-state index in [0.29, 0.717) is 22.8 Å². The highest BCUT2D eigenvalue weighted by molar-refractivity contribution is 7.86. The largest absolute Gasteiger partial charge is 0.497 e. The van der Waals surface area contributed by atoms with E-state index in [1.165, 1.54) is 7.11 Å². The summed E-state index contributed by atoms with van der Waals surface area (Å²) in [6, 6.07) is 13.8. The zero-order valence-electron chi connectivity index (χ0n) is 21.7. The number of amides is 2. The van der Waals surface area contributed by atoms with Crippen LogP contribution in [0.1, 0.15) is 37.5 Å². The minimum absolute atomic E-state index is 0.0800. The van der Waals surface area contributed by atoms with Gasteiger partial charge in [-0.1, -0.05) is 56.3 Å². The van der Waals surface area contributed by atoms with E-state index in [1.807, 2.05) is 26.0 Å². The Labute approximate surface area is 218 Å². The molecule has 2 amide bonds. The van der Waals surface area contributed by atoms with Crippen LogP contribution in [-0.4, -0.2) is 69.5 Å². The van der Waals surface area contributed by atoms with E-state index in [0.717, 1.165) is 11.8 Å². The molecule has 202 valence electrons. The first-order chi connectivity index (χ1) is 17.6. The minimum Gasteiger partial charge on any atom is -0.497 e. The average Bonchev–Trinajstić information content (AvgIpc) is 2.86. The molecule has 2 aromatic rings. The van der Waals surface area contributed by atoms with E-state index in [1.54, 1.807) is 54.5 Å². The number of carbonyl (C=O) groups excluding carboxylic acids is 2. The van der Waals surface area contributed by atoms with E-state index < -0.39 is 40.1 Å². The maximum Gasteiger partial charge on any atom is 0.274 e. The highest BCUT2D eigenvalue weighted by atomic mass is 32.2. The first kappa shape index (κ1) is 28.7. The van der Waals surface area contributed by atoms with Crippen LogP contribution in [-0.2, 0) is 40.0 Å². The van der Waals surface area contributed by atoms with Gasteiger partial charge >= 0.3 is 0 Å². The van der Waals surface area contributed by atoms with Crippen LogP contribution >= 0.6 is 0 Å². The molecular formula is C26H34N2O8S. The molecule has 2 aromatic carbocycles. The molecule has 0 aliphatic carbocycles. The fourth-order valence-corrected chi connectivity index (χ4v) is 4.93. The molecule has 0 radical (unpaired) electrons. The van der Waals surface area contributed by atoms with Gasteiger partial charge in [-0.15, -0.1) is 5.06 Å². The summed E-state index contributed by atoms with van der Waals surface area (Å²) in [6.45, 7) is 3.77. The van der Waals surface area contributed by atoms with Crippen LogP contribution in [0.15, 0.2) is 54.6 Å². The molecule has 3 unspecified atom stereocenters. The van der Waals surface area contributed by atoms with Crippen LogP contribution in [0, 0.1) is 5.92 Å². The molecule has 10 nitrogen and oxygen atoms in total. The molecule has 3 atom stereocenters. The van der Waals surface area contributed by atoms with Crippen LogP contribution in [0.25, 0.3) is 0 Å². The topological polar surface area (TPSA) is 112 Å². The van der Waals surface area contributed by atoms with Crippen molar-refractivity contribution >= 4 is 21.9 Å². The molecule has 0 aromatic heterocycles. The number of piperazine rings is 1. The van der Waals surface area contributed by atoms with Gasteiger partial charge in [0.25, 0.3) is 21.9 Å². The minimum atomic E-state index is -4.00. The Kier molecular flexibility index (Phi) is 9.80. The molecule has 0 N–H and O–H groups in total. The molecule has 37 heavy (non-hydrogen) atoms. The lowest BCUT2D eigenvalue weighted by Gasteiger charge is -2.46. The van der Waals surface area contributed by atoms with Gasteiger partial charge in [-0.05, 0) is 35.6 Å². The van der Waals surface area contributed by atoms with Crippen molar-refractivity contribution in [2.75, 3.05) is 27.3 Å². The van der Waals surface area contributed by atoms with Crippen LogP contribution in [0.3, 0.4) is 0 Å². The fourth-order valence-electron chi connectivity index (χ4n) is 4.33. The van der Waals surface area contributed by atoms with Gasteiger partial charge in [-0.25, -0.2) is 4.84 Å². The number of methoxy groups -OCH3 is 2. The van der Waals surface area contributed by atoms with Crippen LogP contribution in [0.2, 0.25) is 0 Å². The predicted octanol–water partition coefficient (Wildman–Crippen LogP) is 2.90. The quantitative estimate of drug-likeness (QED) is 0.230. The summed E-state index contributed by atoms with van der Waals surface area (Å²) in [7, 11) is -1.07. The Morgan fingerprint density at radius 3 is 2.14 bits per heavy atom. The van der Waals surface area contributed by atoms with Crippen molar-refractivity contribution in [1.82, 2.24) is 9.96 Å². The fraction of sp³-hybridized carbons (Fsp3) is 0.462. The first-order valence-electron chi connectivity index (χ1n) is 11.9. The second-order valence-corrected chi connectivity index (χ2v) is 10.8. The number of benzene rings is 2. The van der Waals surface area contributed by atoms with Crippen molar-refractivity contribution in [3.05, 3.63) is 65.7 Å². The lowest BCUT2D eigenvalue weighted by atomic mass is 9.91. The SMILES string of the molecule is COCON1C(=O)C(CC(C)C)N(Cc2ccc(OC)cc2)C(C(OS(C)(=O)=O)c2ccccc2)C1=O. The number of ether oxygens (including phenoxy) is 2. The van der Waals surface area contributed by atoms with Crippen molar-refractivity contribution in [3.8, 4) is 5.75 Å². The van der Waals surface area contributed by atoms with Gasteiger partial charge in [-0.2, -0.15) is 8.42 Å². The Bertz CT molecular complexity index is 1150. The summed E-state index contributed by atoms with van der Waals surface area (Å²) in [5.74, 6) is -0.553. The first-order valence-corrected chi connectivity index (χ1v) is 13.7. The van der Waals surface area contributed by atoms with E-state index >= 15 is 0 Å². The summed E-state index contributed by atoms with van der Waals surface area (Å²) in [4.78, 5) is 34.6. The normalized spacial score (nSPS) is 19.9. The van der Waals surface area contributed by atoms with Gasteiger partial charge in [-0.3, -0.25) is 18.7 Å². The third-order valence-electron chi connectivity index (χ3n) is 5.91. The Hall–Kier alpha value is -2.83. The van der Waals surface area contributed by atoms with Crippen molar-refractivity contribution in [2.24, 2.45) is 5.92 Å². The Morgan fingerprint density at radius 2 is 1.59 bits per heavy atom. The summed E-state index contributed by atoms with van der Waals surface area (Å²) < 4.78 is 40.5. The van der Waals surface area contributed by atoms with Crippen molar-refractivity contribution in [1.29, 1.82) is 0 Å². The third-order valence-corrected chi connectivity index (χ3v) is 6.46. The molecule has 1 heterocycles. The molecular weight excluding hydrogens is 500 g/mol. The number of hydroxylamine groups is 2. The predicted molar refractivity (Wildman–Crippen MR) is 135 cm³/mol. The third kappa shape index (κ3) is 7.36. The molecule has 1 saturated heterocycles. The number of hydrogen-bond donors (Lipinski definition) is 0. The summed E-state index contributed by atoms with van der Waals surface area (Å²) >= 11 is 0. The van der Waals surface area contributed by atoms with Gasteiger partial charge in [0, 0.05) is 13.7 Å². The highest BCUT2D eigenvalue weighted by Gasteiger charge is 2.52. The van der Waals surface area contributed by atoms with Crippen molar-refractivity contribution < 1.29 is 36.5 Å². The van der Waals surface area contributed by atoms with E-state index in [2.05, 4.69) is 0 Å². The molecule has 3 rings (SSSR count). The van der Waals surface area contributed by atoms with Crippen molar-refractivity contribution in [3.63, 3.8) is 0 Å². The number of hydrogen-bond acceptors (Lipinski definition) is 9. The van der Waals surface area contributed by atoms with E-state index in [4.69, 9.17) is 18.5 Å². The summed E-state index contributed by atoms with van der Waals surface area (Å²) in [5.41, 5.74) is 1.27. The molecule has 0 spiro atoms. The number of imide groups is 1. The summed E-state index contributed by atoms with van der Waals surface area (Å²) in [6.07, 6.45) is 0.0878. The monoisotopic (exact) mass is 534 g/mol. The van der Waals surface area contributed by atoms with Crippen molar-refractivity contribution in [2.45, 2.75) is 45.0 Å². The van der Waals surface area contributed by atoms with Crippen LogP contribution in [0.5, 0.6) is 5.75 Å². The van der Waals surface area contributed by atoms with Gasteiger partial charge in [0.2, 0.25) is 0 Å². The average molecular weight is 535 g/mol. The standard InChI is InChI=1S/C26H34N2O8S/c1-18(2)15-22-25(29)28(35-17-33-3)26(30)23(27(22)16-19-11-13-21(34-4)14-12-19)24(36-37(5,31)32)20-9-7-6-8-10-20/h6-14,18,22-24H,15-17H2,1-5H3. The highest BCUT2D eigenvalue weighted by Crippen LogP contribution is 2.35. The van der Waals surface area contributed by atoms with Gasteiger partial charge < -0.3 is 9.47 Å². The zero-order chi connectivity index (χ0) is 27.2. The molecule has 0 bridgehead atoms. The zero-order valence-corrected chi connectivity index (χ0v) is 22.5. The number of rotatable bonds is 12. The molecule has 0 saturated carbocycles. The van der Waals surface area contributed by atoms with Gasteiger partial charge in [0.15, 0.2) is 6.79 Å². The smallest absolute Gasteiger partial charge is 0.274 e. The molecule has 1 fully saturated rings. The van der Waals surface area contributed by atoms with E-state index in [9.17, 15) is 18.0 Å². The summed E-state index contributed by atoms with van der Waals surface area (Å²) in [5, 5.41) is 0.688. The Balaban J connectivity index is 2.17. The number of nitrogens with zero attached hydrogens (tertiary/aromatic N) is 2. The molecule has 1 aliphatic rings. The lowest BCUT2D eigenvalue weighted by molar-refractivity contribution is -0.237. The van der Waals surface area contributed by atoms with Crippen LogP contribution in [0.4, 0.5) is 0 Å². The molecule has 11 heteroatoms. The number of carbonyl (C=O) groups is 2. The maximum absolute atomic E-state index is 13.9. The second-order valence-electron chi connectivity index (χ2n) is 9.25. The van der Waals surface area contributed by atoms with Gasteiger partial charge in [0.05, 0.1) is 19.4 Å².